The van der Waals surface area contributed by atoms with Crippen LogP contribution in [0.2, 0.25) is 5.02 Å². The molecule has 2 fully saturated rings. The van der Waals surface area contributed by atoms with Crippen LogP contribution >= 0.6 is 11.6 Å². The Morgan fingerprint density at radius 2 is 1.49 bits per heavy atom. The maximum Gasteiger partial charge on any atom is 0.261 e. The maximum absolute atomic E-state index is 14.5. The molecule has 3 atom stereocenters. The molecule has 1 amide bonds. The number of fused-ring (bicyclic) bond motifs is 1. The van der Waals surface area contributed by atoms with E-state index in [4.69, 9.17) is 16.7 Å². The third-order valence-electron chi connectivity index (χ3n) is 9.14. The van der Waals surface area contributed by atoms with E-state index in [2.05, 4.69) is 59.5 Å². The summed E-state index contributed by atoms with van der Waals surface area (Å²) in [6.07, 6.45) is 6.01. The number of rotatable bonds is 7. The average Bonchev–Trinajstić information content (AvgIpc) is 3.68. The largest absolute Gasteiger partial charge is 0.378 e. The molecule has 2 heterocycles. The maximum atomic E-state index is 14.5. The molecule has 6 rings (SSSR count). The molecule has 8 nitrogen and oxygen atoms in total. The molecule has 0 aromatic heterocycles. The van der Waals surface area contributed by atoms with Crippen LogP contribution in [0.25, 0.3) is 6.08 Å². The summed E-state index contributed by atoms with van der Waals surface area (Å²) in [5.41, 5.74) is 6.34. The van der Waals surface area contributed by atoms with Crippen LogP contribution in [0.1, 0.15) is 49.3 Å². The number of nitrogens with zero attached hydrogens (tertiary/aromatic N) is 5. The Bertz CT molecular complexity index is 1720. The Balaban J connectivity index is 1.38. The lowest BCUT2D eigenvalue weighted by atomic mass is 9.77. The van der Waals surface area contributed by atoms with Crippen molar-refractivity contribution in [3.8, 4) is 0 Å². The molecule has 45 heavy (non-hydrogen) atoms. The first kappa shape index (κ1) is 31.3. The second-order valence-corrected chi connectivity index (χ2v) is 14.8. The smallest absolute Gasteiger partial charge is 0.261 e. The fraction of sp³-hybridized carbons (Fsp3) is 0.371. The number of carbonyl (C=O) groups is 1. The van der Waals surface area contributed by atoms with E-state index >= 15 is 0 Å². The highest BCUT2D eigenvalue weighted by Crippen LogP contribution is 2.46. The van der Waals surface area contributed by atoms with Gasteiger partial charge in [0.1, 0.15) is 6.04 Å². The second-order valence-electron chi connectivity index (χ2n) is 12.5. The van der Waals surface area contributed by atoms with Gasteiger partial charge < -0.3 is 9.80 Å². The summed E-state index contributed by atoms with van der Waals surface area (Å²) < 4.78 is 28.9. The van der Waals surface area contributed by atoms with Crippen molar-refractivity contribution in [2.24, 2.45) is 11.0 Å². The normalized spacial score (nSPS) is 22.8. The van der Waals surface area contributed by atoms with Crippen molar-refractivity contribution in [2.75, 3.05) is 44.5 Å². The summed E-state index contributed by atoms with van der Waals surface area (Å²) in [4.78, 5) is 18.8. The number of hydrogen-bond acceptors (Lipinski definition) is 6. The topological polar surface area (TPSA) is 76.5 Å². The molecule has 236 valence electrons. The van der Waals surface area contributed by atoms with Gasteiger partial charge in [-0.1, -0.05) is 35.9 Å². The van der Waals surface area contributed by atoms with E-state index < -0.39 is 16.1 Å². The van der Waals surface area contributed by atoms with Crippen LogP contribution in [0.15, 0.2) is 88.4 Å². The molecule has 1 saturated heterocycles. The van der Waals surface area contributed by atoms with Gasteiger partial charge in [-0.2, -0.15) is 9.41 Å². The highest BCUT2D eigenvalue weighted by Gasteiger charge is 2.48. The molecule has 0 unspecified atom stereocenters. The van der Waals surface area contributed by atoms with E-state index in [1.165, 1.54) is 16.4 Å². The fourth-order valence-electron chi connectivity index (χ4n) is 6.72. The van der Waals surface area contributed by atoms with Crippen LogP contribution in [-0.2, 0) is 14.8 Å². The number of carbonyl (C=O) groups excluding carboxylic acids is 1. The zero-order valence-electron chi connectivity index (χ0n) is 26.2. The van der Waals surface area contributed by atoms with Crippen molar-refractivity contribution in [1.82, 2.24) is 9.31 Å². The Morgan fingerprint density at radius 1 is 0.867 bits per heavy atom. The molecule has 10 heteroatoms. The molecule has 0 bridgehead atoms. The van der Waals surface area contributed by atoms with Crippen molar-refractivity contribution in [2.45, 2.75) is 49.1 Å². The van der Waals surface area contributed by atoms with Gasteiger partial charge in [0.05, 0.1) is 16.6 Å². The zero-order chi connectivity index (χ0) is 31.9. The Labute approximate surface area is 271 Å². The summed E-state index contributed by atoms with van der Waals surface area (Å²) >= 11 is 6.04. The molecular weight excluding hydrogens is 606 g/mol. The molecule has 1 aliphatic carbocycles. The number of benzene rings is 3. The van der Waals surface area contributed by atoms with E-state index in [1.807, 2.05) is 33.1 Å². The Kier molecular flexibility index (Phi) is 8.78. The predicted octanol–water partition coefficient (Wildman–Crippen LogP) is 6.45. The van der Waals surface area contributed by atoms with Gasteiger partial charge in [0.25, 0.3) is 5.91 Å². The molecule has 3 aromatic carbocycles. The molecular formula is C35H40ClN5O3S. The van der Waals surface area contributed by atoms with Crippen LogP contribution < -0.4 is 9.80 Å². The standard InChI is InChI=1S/C35H40ClN5O3S/c1-38(2)28-16-10-24(11-17-28)23-26-7-5-8-31-33(26)37-41(34(31)25-12-18-29(19-13-25)39(3)4)35(42)32-9-6-22-40(32)45(43,44)30-20-14-27(36)15-21-30/h10-21,23,31-32,34H,5-9,22H2,1-4H3/b26-23+/t31-,32-,34+/m1/s1. The van der Waals surface area contributed by atoms with Crippen molar-refractivity contribution >= 4 is 50.7 Å². The van der Waals surface area contributed by atoms with Crippen LogP contribution in [-0.4, -0.2) is 70.1 Å². The van der Waals surface area contributed by atoms with Crippen LogP contribution in [0, 0.1) is 5.92 Å². The summed E-state index contributed by atoms with van der Waals surface area (Å²) in [6.45, 7) is 0.283. The summed E-state index contributed by atoms with van der Waals surface area (Å²) in [5, 5.41) is 7.14. The van der Waals surface area contributed by atoms with Gasteiger partial charge in [-0.3, -0.25) is 4.79 Å². The SMILES string of the molecule is CN(C)c1ccc(/C=C2\CCC[C@@H]3C2=NN(C(=O)[C@H]2CCCN2S(=O)(=O)c2ccc(Cl)cc2)[C@H]3c2ccc(N(C)C)cc2)cc1. The summed E-state index contributed by atoms with van der Waals surface area (Å²) in [7, 11) is 4.14. The second kappa shape index (κ2) is 12.6. The third-order valence-corrected chi connectivity index (χ3v) is 11.3. The van der Waals surface area contributed by atoms with Gasteiger partial charge in [-0.25, -0.2) is 13.4 Å². The quantitative estimate of drug-likeness (QED) is 0.295. The molecule has 3 aliphatic rings. The van der Waals surface area contributed by atoms with Gasteiger partial charge in [0.15, 0.2) is 0 Å². The van der Waals surface area contributed by atoms with Crippen molar-refractivity contribution in [3.63, 3.8) is 0 Å². The molecule has 0 radical (unpaired) electrons. The first-order valence-corrected chi connectivity index (χ1v) is 17.3. The van der Waals surface area contributed by atoms with Gasteiger partial charge in [0.2, 0.25) is 10.0 Å². The van der Waals surface area contributed by atoms with Gasteiger partial charge >= 0.3 is 0 Å². The number of hydrazone groups is 1. The Morgan fingerprint density at radius 3 is 2.11 bits per heavy atom. The van der Waals surface area contributed by atoms with Crippen LogP contribution in [0.5, 0.6) is 0 Å². The lowest BCUT2D eigenvalue weighted by Crippen LogP contribution is -2.46. The number of anilines is 2. The summed E-state index contributed by atoms with van der Waals surface area (Å²) in [5.74, 6) is -0.258. The minimum Gasteiger partial charge on any atom is -0.378 e. The van der Waals surface area contributed by atoms with Crippen LogP contribution in [0.4, 0.5) is 11.4 Å². The number of allylic oxidation sites excluding steroid dienone is 1. The van der Waals surface area contributed by atoms with E-state index in [0.29, 0.717) is 17.9 Å². The van der Waals surface area contributed by atoms with Crippen LogP contribution in [0.3, 0.4) is 0 Å². The minimum atomic E-state index is -3.91. The monoisotopic (exact) mass is 645 g/mol. The Hall–Kier alpha value is -3.66. The first-order valence-electron chi connectivity index (χ1n) is 15.5. The molecule has 0 N–H and O–H groups in total. The van der Waals surface area contributed by atoms with E-state index in [0.717, 1.165) is 53.0 Å². The van der Waals surface area contributed by atoms with Gasteiger partial charge in [-0.05, 0) is 103 Å². The minimum absolute atomic E-state index is 0.0166. The molecule has 1 saturated carbocycles. The highest BCUT2D eigenvalue weighted by molar-refractivity contribution is 7.89. The molecule has 3 aromatic rings. The zero-order valence-corrected chi connectivity index (χ0v) is 27.8. The van der Waals surface area contributed by atoms with Gasteiger partial charge in [0, 0.05) is 57.1 Å². The van der Waals surface area contributed by atoms with Crippen molar-refractivity contribution in [3.05, 3.63) is 94.5 Å². The van der Waals surface area contributed by atoms with E-state index in [9.17, 15) is 13.2 Å². The van der Waals surface area contributed by atoms with E-state index in [1.54, 1.807) is 17.1 Å². The van der Waals surface area contributed by atoms with Gasteiger partial charge in [-0.15, -0.1) is 0 Å². The lowest BCUT2D eigenvalue weighted by molar-refractivity contribution is -0.137. The number of sulfonamides is 1. The van der Waals surface area contributed by atoms with Crippen molar-refractivity contribution < 1.29 is 13.2 Å². The third kappa shape index (κ3) is 6.13. The lowest BCUT2D eigenvalue weighted by Gasteiger charge is -2.32. The number of amides is 1. The molecule has 0 spiro atoms. The average molecular weight is 646 g/mol. The fourth-order valence-corrected chi connectivity index (χ4v) is 8.50. The first-order chi connectivity index (χ1) is 21.5. The molecule has 2 aliphatic heterocycles. The summed E-state index contributed by atoms with van der Waals surface area (Å²) in [6, 6.07) is 21.7. The number of hydrogen-bond donors (Lipinski definition) is 0. The number of halogens is 1. The van der Waals surface area contributed by atoms with Crippen molar-refractivity contribution in [1.29, 1.82) is 0 Å². The predicted molar refractivity (Wildman–Crippen MR) is 182 cm³/mol. The van der Waals surface area contributed by atoms with E-state index in [-0.39, 0.29) is 29.3 Å². The highest BCUT2D eigenvalue weighted by atomic mass is 35.5.